The maximum atomic E-state index is 13.8. The highest BCUT2D eigenvalue weighted by atomic mass is 127. The molecular formula is C19H16ClF3INO4. The Bertz CT molecular complexity index is 967. The second-order valence-corrected chi connectivity index (χ2v) is 8.32. The molecule has 1 atom stereocenters. The van der Waals surface area contributed by atoms with Crippen molar-refractivity contribution in [3.63, 3.8) is 0 Å². The Morgan fingerprint density at radius 1 is 1.21 bits per heavy atom. The van der Waals surface area contributed by atoms with Crippen molar-refractivity contribution in [3.8, 4) is 17.2 Å². The van der Waals surface area contributed by atoms with Gasteiger partial charge in [-0.1, -0.05) is 25.4 Å². The monoisotopic (exact) mass is 541 g/mol. The number of fused-ring (bicyclic) bond motifs is 1. The number of hydrogen-bond donors (Lipinski definition) is 1. The molecule has 1 amide bonds. The largest absolute Gasteiger partial charge is 0.492 e. The number of ether oxygens (including phenoxy) is 3. The molecule has 5 nitrogen and oxygen atoms in total. The molecule has 0 aliphatic carbocycles. The molecule has 2 aromatic rings. The maximum absolute atomic E-state index is 13.8. The van der Waals surface area contributed by atoms with E-state index in [9.17, 15) is 18.0 Å². The second kappa shape index (κ2) is 7.75. The lowest BCUT2D eigenvalue weighted by molar-refractivity contribution is -0.318. The van der Waals surface area contributed by atoms with Gasteiger partial charge in [0.25, 0.3) is 0 Å². The predicted octanol–water partition coefficient (Wildman–Crippen LogP) is 6.15. The quantitative estimate of drug-likeness (QED) is 0.474. The van der Waals surface area contributed by atoms with Crippen LogP contribution >= 0.6 is 34.2 Å². The van der Waals surface area contributed by atoms with Crippen molar-refractivity contribution in [2.45, 2.75) is 38.8 Å². The summed E-state index contributed by atoms with van der Waals surface area (Å²) < 4.78 is 57.3. The first kappa shape index (κ1) is 21.8. The zero-order valence-corrected chi connectivity index (χ0v) is 18.4. The average molecular weight is 542 g/mol. The number of nitrogens with one attached hydrogen (secondary N) is 1. The minimum absolute atomic E-state index is 0.0196. The van der Waals surface area contributed by atoms with E-state index in [-0.39, 0.29) is 28.2 Å². The van der Waals surface area contributed by atoms with Crippen LogP contribution in [-0.4, -0.2) is 18.2 Å². The summed E-state index contributed by atoms with van der Waals surface area (Å²) in [5, 5.41) is 1.83. The first-order chi connectivity index (χ1) is 13.4. The molecule has 2 aromatic carbocycles. The van der Waals surface area contributed by atoms with Crippen LogP contribution in [0.5, 0.6) is 17.2 Å². The van der Waals surface area contributed by atoms with E-state index in [2.05, 4.69) is 22.6 Å². The van der Waals surface area contributed by atoms with E-state index in [1.807, 2.05) is 19.9 Å². The predicted molar refractivity (Wildman–Crippen MR) is 109 cm³/mol. The van der Waals surface area contributed by atoms with Crippen LogP contribution in [0.3, 0.4) is 0 Å². The van der Waals surface area contributed by atoms with Crippen LogP contribution in [0.15, 0.2) is 30.3 Å². The lowest BCUT2D eigenvalue weighted by atomic mass is 10.0. The van der Waals surface area contributed by atoms with Crippen molar-refractivity contribution in [2.24, 2.45) is 0 Å². The van der Waals surface area contributed by atoms with Crippen molar-refractivity contribution in [3.05, 3.63) is 50.1 Å². The third-order valence-corrected chi connectivity index (χ3v) is 5.57. The highest BCUT2D eigenvalue weighted by Gasteiger charge is 2.66. The van der Waals surface area contributed by atoms with Gasteiger partial charge in [0, 0.05) is 14.7 Å². The van der Waals surface area contributed by atoms with E-state index in [0.717, 1.165) is 15.2 Å². The second-order valence-electron chi connectivity index (χ2n) is 6.72. The summed E-state index contributed by atoms with van der Waals surface area (Å²) in [5.74, 6) is -3.74. The fourth-order valence-electron chi connectivity index (χ4n) is 2.68. The van der Waals surface area contributed by atoms with Crippen LogP contribution in [0, 0.1) is 10.5 Å². The molecule has 0 saturated heterocycles. The number of benzene rings is 2. The van der Waals surface area contributed by atoms with Gasteiger partial charge in [-0.05, 0) is 70.8 Å². The number of carbonyl (C=O) groups excluding carboxylic acids is 1. The lowest BCUT2D eigenvalue weighted by Crippen LogP contribution is -2.65. The third kappa shape index (κ3) is 4.35. The third-order valence-electron chi connectivity index (χ3n) is 4.17. The lowest BCUT2D eigenvalue weighted by Gasteiger charge is -2.29. The Morgan fingerprint density at radius 3 is 2.48 bits per heavy atom. The summed E-state index contributed by atoms with van der Waals surface area (Å²) in [6.07, 6.45) is -6.47. The molecule has 1 N–H and O–H groups in total. The SMILES string of the molecule is Cc1cc(OC(=O)N[C@@]2(C(F)(F)F)Oc3ccc(Cl)cc3O2)c(C(C)C)cc1I. The number of carbonyl (C=O) groups is 1. The van der Waals surface area contributed by atoms with E-state index < -0.39 is 18.2 Å². The van der Waals surface area contributed by atoms with E-state index in [4.69, 9.17) is 25.8 Å². The molecule has 0 fully saturated rings. The number of halogens is 5. The Hall–Kier alpha value is -1.88. The van der Waals surface area contributed by atoms with Gasteiger partial charge in [0.1, 0.15) is 5.75 Å². The molecule has 0 bridgehead atoms. The van der Waals surface area contributed by atoms with E-state index >= 15 is 0 Å². The standard InChI is InChI=1S/C19H16ClF3INO4/c1-9(2)12-8-13(24)10(3)6-15(12)27-17(26)25-19(18(21,22)23)28-14-5-4-11(20)7-16(14)29-19/h4-9H,1-3H3,(H,25,26)/t19-/m0/s1. The fraction of sp³-hybridized carbons (Fsp3) is 0.316. The van der Waals surface area contributed by atoms with Crippen molar-refractivity contribution < 1.29 is 32.2 Å². The van der Waals surface area contributed by atoms with E-state index in [0.29, 0.717) is 5.56 Å². The minimum Gasteiger partial charge on any atom is -0.424 e. The van der Waals surface area contributed by atoms with Gasteiger partial charge < -0.3 is 14.2 Å². The van der Waals surface area contributed by atoms with Crippen LogP contribution < -0.4 is 19.5 Å². The van der Waals surface area contributed by atoms with Crippen LogP contribution in [0.25, 0.3) is 0 Å². The van der Waals surface area contributed by atoms with Crippen LogP contribution in [0.4, 0.5) is 18.0 Å². The summed E-state index contributed by atoms with van der Waals surface area (Å²) >= 11 is 7.92. The van der Waals surface area contributed by atoms with Crippen LogP contribution in [0.1, 0.15) is 30.9 Å². The molecule has 29 heavy (non-hydrogen) atoms. The fourth-order valence-corrected chi connectivity index (χ4v) is 3.34. The van der Waals surface area contributed by atoms with Crippen molar-refractivity contribution >= 4 is 40.3 Å². The van der Waals surface area contributed by atoms with Gasteiger partial charge in [-0.15, -0.1) is 0 Å². The first-order valence-electron chi connectivity index (χ1n) is 8.46. The van der Waals surface area contributed by atoms with Crippen LogP contribution in [0.2, 0.25) is 5.02 Å². The Balaban J connectivity index is 1.88. The molecular weight excluding hydrogens is 526 g/mol. The normalized spacial score (nSPS) is 18.1. The van der Waals surface area contributed by atoms with Crippen LogP contribution in [-0.2, 0) is 0 Å². The Kier molecular flexibility index (Phi) is 5.83. The maximum Gasteiger partial charge on any atom is 0.492 e. The molecule has 1 heterocycles. The van der Waals surface area contributed by atoms with Gasteiger partial charge >= 0.3 is 18.2 Å². The van der Waals surface area contributed by atoms with E-state index in [1.165, 1.54) is 12.1 Å². The number of hydrogen-bond acceptors (Lipinski definition) is 4. The molecule has 0 unspecified atom stereocenters. The van der Waals surface area contributed by atoms with Gasteiger partial charge in [-0.25, -0.2) is 10.1 Å². The smallest absolute Gasteiger partial charge is 0.424 e. The zero-order valence-electron chi connectivity index (χ0n) is 15.5. The molecule has 0 saturated carbocycles. The van der Waals surface area contributed by atoms with Crippen molar-refractivity contribution in [1.29, 1.82) is 0 Å². The first-order valence-corrected chi connectivity index (χ1v) is 9.92. The van der Waals surface area contributed by atoms with Crippen molar-refractivity contribution in [2.75, 3.05) is 0 Å². The highest BCUT2D eigenvalue weighted by molar-refractivity contribution is 14.1. The highest BCUT2D eigenvalue weighted by Crippen LogP contribution is 2.46. The number of alkyl halides is 3. The average Bonchev–Trinajstić information content (AvgIpc) is 2.95. The Labute approximate surface area is 183 Å². The number of aryl methyl sites for hydroxylation is 1. The summed E-state index contributed by atoms with van der Waals surface area (Å²) in [4.78, 5) is 12.4. The molecule has 0 aromatic heterocycles. The summed E-state index contributed by atoms with van der Waals surface area (Å²) in [6.45, 7) is 5.57. The minimum atomic E-state index is -5.10. The van der Waals surface area contributed by atoms with Crippen molar-refractivity contribution in [1.82, 2.24) is 5.32 Å². The summed E-state index contributed by atoms with van der Waals surface area (Å²) in [5.41, 5.74) is 1.50. The number of rotatable bonds is 3. The molecule has 10 heteroatoms. The van der Waals surface area contributed by atoms with Gasteiger partial charge in [-0.3, -0.25) is 0 Å². The summed E-state index contributed by atoms with van der Waals surface area (Å²) in [6, 6.07) is 7.15. The van der Waals surface area contributed by atoms with E-state index in [1.54, 1.807) is 18.3 Å². The van der Waals surface area contributed by atoms with Gasteiger partial charge in [-0.2, -0.15) is 13.2 Å². The molecule has 0 spiro atoms. The van der Waals surface area contributed by atoms with Gasteiger partial charge in [0.2, 0.25) is 0 Å². The van der Waals surface area contributed by atoms with Gasteiger partial charge in [0.15, 0.2) is 11.5 Å². The molecule has 156 valence electrons. The molecule has 0 radical (unpaired) electrons. The number of amides is 1. The van der Waals surface area contributed by atoms with Gasteiger partial charge in [0.05, 0.1) is 0 Å². The Morgan fingerprint density at radius 2 is 1.86 bits per heavy atom. The molecule has 3 rings (SSSR count). The molecule has 1 aliphatic rings. The summed E-state index contributed by atoms with van der Waals surface area (Å²) in [7, 11) is 0. The topological polar surface area (TPSA) is 56.8 Å². The molecule has 1 aliphatic heterocycles. The zero-order chi connectivity index (χ0) is 21.6.